The lowest BCUT2D eigenvalue weighted by atomic mass is 10.0. The van der Waals surface area contributed by atoms with Crippen LogP contribution in [0.5, 0.6) is 0 Å². The third-order valence-corrected chi connectivity index (χ3v) is 2.38. The summed E-state index contributed by atoms with van der Waals surface area (Å²) in [6.45, 7) is 5.90. The SMILES string of the molecule is COC(=O)CC(C)NC(CC(C)C)C(=O)OC. The molecule has 5 heteroatoms. The first kappa shape index (κ1) is 15.9. The van der Waals surface area contributed by atoms with Crippen LogP contribution in [0.25, 0.3) is 0 Å². The van der Waals surface area contributed by atoms with Crippen molar-refractivity contribution in [1.29, 1.82) is 0 Å². The van der Waals surface area contributed by atoms with Gasteiger partial charge in [0.25, 0.3) is 0 Å². The number of methoxy groups -OCH3 is 2. The molecular weight excluding hydrogens is 222 g/mol. The van der Waals surface area contributed by atoms with Crippen molar-refractivity contribution in [3.05, 3.63) is 0 Å². The van der Waals surface area contributed by atoms with Crippen LogP contribution in [-0.2, 0) is 19.1 Å². The van der Waals surface area contributed by atoms with Crippen molar-refractivity contribution in [3.8, 4) is 0 Å². The van der Waals surface area contributed by atoms with Crippen molar-refractivity contribution < 1.29 is 19.1 Å². The van der Waals surface area contributed by atoms with Gasteiger partial charge in [-0.25, -0.2) is 0 Å². The highest BCUT2D eigenvalue weighted by Crippen LogP contribution is 2.08. The van der Waals surface area contributed by atoms with Gasteiger partial charge < -0.3 is 14.8 Å². The molecule has 17 heavy (non-hydrogen) atoms. The second-order valence-corrected chi connectivity index (χ2v) is 4.55. The number of hydrogen-bond donors (Lipinski definition) is 1. The third-order valence-electron chi connectivity index (χ3n) is 2.38. The molecule has 0 amide bonds. The Morgan fingerprint density at radius 2 is 1.71 bits per heavy atom. The van der Waals surface area contributed by atoms with Crippen molar-refractivity contribution in [1.82, 2.24) is 5.32 Å². The minimum absolute atomic E-state index is 0.120. The van der Waals surface area contributed by atoms with Gasteiger partial charge in [-0.2, -0.15) is 0 Å². The zero-order chi connectivity index (χ0) is 13.4. The standard InChI is InChI=1S/C12H23NO4/c1-8(2)6-10(12(15)17-5)13-9(3)7-11(14)16-4/h8-10,13H,6-7H2,1-5H3. The average molecular weight is 245 g/mol. The summed E-state index contributed by atoms with van der Waals surface area (Å²) in [6, 6.07) is -0.495. The number of rotatable bonds is 7. The van der Waals surface area contributed by atoms with Crippen LogP contribution in [0.4, 0.5) is 0 Å². The summed E-state index contributed by atoms with van der Waals surface area (Å²) in [7, 11) is 2.71. The molecule has 2 unspecified atom stereocenters. The Bertz CT molecular complexity index is 253. The molecule has 1 N–H and O–H groups in total. The highest BCUT2D eigenvalue weighted by atomic mass is 16.5. The maximum atomic E-state index is 11.5. The van der Waals surface area contributed by atoms with E-state index < -0.39 is 0 Å². The number of carbonyl (C=O) groups excluding carboxylic acids is 2. The molecule has 0 rings (SSSR count). The maximum Gasteiger partial charge on any atom is 0.322 e. The van der Waals surface area contributed by atoms with E-state index in [9.17, 15) is 9.59 Å². The lowest BCUT2D eigenvalue weighted by Gasteiger charge is -2.22. The van der Waals surface area contributed by atoms with Gasteiger partial charge in [0.05, 0.1) is 20.6 Å². The molecular formula is C12H23NO4. The van der Waals surface area contributed by atoms with Crippen molar-refractivity contribution in [3.63, 3.8) is 0 Å². The van der Waals surface area contributed by atoms with Crippen LogP contribution in [0.3, 0.4) is 0 Å². The minimum Gasteiger partial charge on any atom is -0.469 e. The second-order valence-electron chi connectivity index (χ2n) is 4.55. The monoisotopic (exact) mass is 245 g/mol. The van der Waals surface area contributed by atoms with Crippen LogP contribution in [0.15, 0.2) is 0 Å². The Hall–Kier alpha value is -1.10. The van der Waals surface area contributed by atoms with Crippen LogP contribution >= 0.6 is 0 Å². The molecule has 2 atom stereocenters. The Labute approximate surface area is 103 Å². The van der Waals surface area contributed by atoms with Crippen LogP contribution in [0.2, 0.25) is 0 Å². The second kappa shape index (κ2) is 8.06. The normalized spacial score (nSPS) is 14.2. The van der Waals surface area contributed by atoms with Crippen molar-refractivity contribution in [2.24, 2.45) is 5.92 Å². The lowest BCUT2D eigenvalue weighted by Crippen LogP contribution is -2.44. The van der Waals surface area contributed by atoms with Crippen molar-refractivity contribution >= 4 is 11.9 Å². The largest absolute Gasteiger partial charge is 0.469 e. The molecule has 0 saturated heterocycles. The Morgan fingerprint density at radius 1 is 1.12 bits per heavy atom. The van der Waals surface area contributed by atoms with Gasteiger partial charge in [-0.1, -0.05) is 13.8 Å². The van der Waals surface area contributed by atoms with E-state index >= 15 is 0 Å². The average Bonchev–Trinajstić information content (AvgIpc) is 2.26. The first-order valence-electron chi connectivity index (χ1n) is 5.81. The summed E-state index contributed by atoms with van der Waals surface area (Å²) >= 11 is 0. The Kier molecular flexibility index (Phi) is 7.54. The summed E-state index contributed by atoms with van der Waals surface area (Å²) in [6.07, 6.45) is 0.917. The number of nitrogens with one attached hydrogen (secondary N) is 1. The number of carbonyl (C=O) groups is 2. The topological polar surface area (TPSA) is 64.6 Å². The van der Waals surface area contributed by atoms with E-state index in [2.05, 4.69) is 10.1 Å². The molecule has 0 aliphatic heterocycles. The summed E-state index contributed by atoms with van der Waals surface area (Å²) in [5.41, 5.74) is 0. The van der Waals surface area contributed by atoms with Crippen molar-refractivity contribution in [2.75, 3.05) is 14.2 Å². The van der Waals surface area contributed by atoms with Gasteiger partial charge in [0.2, 0.25) is 0 Å². The van der Waals surface area contributed by atoms with Gasteiger partial charge in [-0.05, 0) is 19.3 Å². The number of ether oxygens (including phenoxy) is 2. The molecule has 0 aliphatic carbocycles. The predicted molar refractivity (Wildman–Crippen MR) is 64.5 cm³/mol. The zero-order valence-electron chi connectivity index (χ0n) is 11.3. The van der Waals surface area contributed by atoms with E-state index in [0.717, 1.165) is 0 Å². The Balaban J connectivity index is 4.31. The molecule has 0 saturated carbocycles. The molecule has 5 nitrogen and oxygen atoms in total. The molecule has 0 heterocycles. The van der Waals surface area contributed by atoms with Gasteiger partial charge >= 0.3 is 11.9 Å². The molecule has 0 fully saturated rings. The van der Waals surface area contributed by atoms with E-state index in [1.807, 2.05) is 20.8 Å². The third kappa shape index (κ3) is 6.94. The summed E-state index contributed by atoms with van der Waals surface area (Å²) in [5.74, 6) is -0.217. The highest BCUT2D eigenvalue weighted by molar-refractivity contribution is 5.76. The summed E-state index contributed by atoms with van der Waals surface area (Å²) < 4.78 is 9.30. The highest BCUT2D eigenvalue weighted by Gasteiger charge is 2.23. The van der Waals surface area contributed by atoms with E-state index in [0.29, 0.717) is 12.3 Å². The molecule has 0 radical (unpaired) electrons. The fourth-order valence-corrected chi connectivity index (χ4v) is 1.58. The fraction of sp³-hybridized carbons (Fsp3) is 0.833. The minimum atomic E-state index is -0.375. The van der Waals surface area contributed by atoms with Gasteiger partial charge in [0.15, 0.2) is 0 Å². The molecule has 0 spiro atoms. The Morgan fingerprint density at radius 3 is 2.12 bits per heavy atom. The molecule has 0 aromatic carbocycles. The zero-order valence-corrected chi connectivity index (χ0v) is 11.3. The molecule has 100 valence electrons. The predicted octanol–water partition coefficient (Wildman–Crippen LogP) is 1.12. The summed E-state index contributed by atoms with van der Waals surface area (Å²) in [5, 5.41) is 3.09. The molecule has 0 bridgehead atoms. The van der Waals surface area contributed by atoms with Crippen LogP contribution in [0.1, 0.15) is 33.6 Å². The van der Waals surface area contributed by atoms with Crippen LogP contribution in [-0.4, -0.2) is 38.2 Å². The van der Waals surface area contributed by atoms with Crippen LogP contribution < -0.4 is 5.32 Å². The number of hydrogen-bond acceptors (Lipinski definition) is 5. The van der Waals surface area contributed by atoms with E-state index in [1.165, 1.54) is 14.2 Å². The van der Waals surface area contributed by atoms with Gasteiger partial charge in [-0.15, -0.1) is 0 Å². The van der Waals surface area contributed by atoms with Crippen LogP contribution in [0, 0.1) is 5.92 Å². The van der Waals surface area contributed by atoms with E-state index in [4.69, 9.17) is 4.74 Å². The lowest BCUT2D eigenvalue weighted by molar-refractivity contribution is -0.145. The van der Waals surface area contributed by atoms with Gasteiger partial charge in [-0.3, -0.25) is 9.59 Å². The molecule has 0 aromatic heterocycles. The first-order chi connectivity index (χ1) is 7.90. The number of esters is 2. The van der Waals surface area contributed by atoms with Crippen molar-refractivity contribution in [2.45, 2.75) is 45.7 Å². The molecule has 0 aromatic rings. The van der Waals surface area contributed by atoms with E-state index in [-0.39, 0.29) is 30.4 Å². The first-order valence-corrected chi connectivity index (χ1v) is 5.81. The summed E-state index contributed by atoms with van der Waals surface area (Å²) in [4.78, 5) is 22.6. The quantitative estimate of drug-likeness (QED) is 0.681. The van der Waals surface area contributed by atoms with Gasteiger partial charge in [0.1, 0.15) is 6.04 Å². The molecule has 0 aliphatic rings. The smallest absolute Gasteiger partial charge is 0.322 e. The van der Waals surface area contributed by atoms with Gasteiger partial charge in [0, 0.05) is 6.04 Å². The van der Waals surface area contributed by atoms with E-state index in [1.54, 1.807) is 0 Å². The fourth-order valence-electron chi connectivity index (χ4n) is 1.58. The maximum absolute atomic E-state index is 11.5.